The Morgan fingerprint density at radius 2 is 1.91 bits per heavy atom. The second-order valence-corrected chi connectivity index (χ2v) is 9.05. The van der Waals surface area contributed by atoms with Gasteiger partial charge in [0.2, 0.25) is 0 Å². The van der Waals surface area contributed by atoms with Gasteiger partial charge in [-0.1, -0.05) is 11.6 Å². The van der Waals surface area contributed by atoms with Crippen molar-refractivity contribution >= 4 is 34.4 Å². The number of H-pyrrole nitrogens is 1. The zero-order valence-electron chi connectivity index (χ0n) is 18.3. The highest BCUT2D eigenvalue weighted by molar-refractivity contribution is 6.33. The largest absolute Gasteiger partial charge is 0.416 e. The van der Waals surface area contributed by atoms with Crippen molar-refractivity contribution in [2.24, 2.45) is 5.92 Å². The van der Waals surface area contributed by atoms with Crippen LogP contribution in [0.1, 0.15) is 52.9 Å². The van der Waals surface area contributed by atoms with Crippen LogP contribution in [0, 0.1) is 19.8 Å². The first-order chi connectivity index (χ1) is 15.6. The Morgan fingerprint density at radius 3 is 2.61 bits per heavy atom. The van der Waals surface area contributed by atoms with E-state index in [1.165, 1.54) is 0 Å². The summed E-state index contributed by atoms with van der Waals surface area (Å²) >= 11 is 5.98. The number of fused-ring (bicyclic) bond motifs is 1. The highest BCUT2D eigenvalue weighted by Gasteiger charge is 2.32. The molecule has 0 bridgehead atoms. The van der Waals surface area contributed by atoms with Gasteiger partial charge in [-0.25, -0.2) is 4.98 Å². The van der Waals surface area contributed by atoms with Gasteiger partial charge in [-0.2, -0.15) is 18.3 Å². The molecule has 0 unspecified atom stereocenters. The van der Waals surface area contributed by atoms with Gasteiger partial charge in [0.05, 0.1) is 21.5 Å². The molecule has 2 heterocycles. The quantitative estimate of drug-likeness (QED) is 0.441. The van der Waals surface area contributed by atoms with Crippen molar-refractivity contribution in [3.63, 3.8) is 0 Å². The third-order valence-electron chi connectivity index (χ3n) is 6.13. The standard InChI is InChI=1S/C23H25ClF3N5O/c1-12-9-13(2)29-21-19(12)20(31-32-21)28-11-14-3-6-16(7-4-14)30-22(33)17-10-15(23(25,26)27)5-8-18(17)24/h5,8-10,14,16H,3-4,6-7,11H2,1-2H3,(H,30,33)(H2,28,29,31,32)/t14-,16-. The number of aromatic nitrogens is 3. The molecule has 0 atom stereocenters. The number of rotatable bonds is 5. The van der Waals surface area contributed by atoms with E-state index in [4.69, 9.17) is 11.6 Å². The van der Waals surface area contributed by atoms with E-state index in [2.05, 4.69) is 25.8 Å². The number of nitrogens with zero attached hydrogens (tertiary/aromatic N) is 2. The molecule has 3 N–H and O–H groups in total. The molecule has 176 valence electrons. The summed E-state index contributed by atoms with van der Waals surface area (Å²) in [5.41, 5.74) is 1.75. The summed E-state index contributed by atoms with van der Waals surface area (Å²) in [6.07, 6.45) is -1.27. The topological polar surface area (TPSA) is 82.7 Å². The van der Waals surface area contributed by atoms with Crippen molar-refractivity contribution in [1.29, 1.82) is 0 Å². The zero-order chi connectivity index (χ0) is 23.8. The van der Waals surface area contributed by atoms with E-state index in [0.717, 1.165) is 78.5 Å². The number of nitrogens with one attached hydrogen (secondary N) is 3. The molecule has 1 aliphatic carbocycles. The molecular formula is C23H25ClF3N5O. The highest BCUT2D eigenvalue weighted by atomic mass is 35.5. The van der Waals surface area contributed by atoms with Crippen LogP contribution >= 0.6 is 11.6 Å². The summed E-state index contributed by atoms with van der Waals surface area (Å²) in [6, 6.07) is 4.71. The average molecular weight is 480 g/mol. The first-order valence-electron chi connectivity index (χ1n) is 10.9. The van der Waals surface area contributed by atoms with Crippen LogP contribution in [0.5, 0.6) is 0 Å². The number of hydrogen-bond donors (Lipinski definition) is 3. The van der Waals surface area contributed by atoms with Crippen LogP contribution in [0.4, 0.5) is 19.0 Å². The number of carbonyl (C=O) groups excluding carboxylic acids is 1. The maximum absolute atomic E-state index is 13.0. The molecule has 0 spiro atoms. The van der Waals surface area contributed by atoms with Crippen LogP contribution < -0.4 is 10.6 Å². The molecule has 1 amide bonds. The molecular weight excluding hydrogens is 455 g/mol. The van der Waals surface area contributed by atoms with Crippen LogP contribution in [-0.2, 0) is 6.18 Å². The fraction of sp³-hybridized carbons (Fsp3) is 0.435. The van der Waals surface area contributed by atoms with Crippen LogP contribution in [-0.4, -0.2) is 33.7 Å². The number of alkyl halides is 3. The minimum absolute atomic E-state index is 0.00425. The van der Waals surface area contributed by atoms with Gasteiger partial charge < -0.3 is 10.6 Å². The molecule has 3 aromatic rings. The second-order valence-electron chi connectivity index (χ2n) is 8.64. The first-order valence-corrected chi connectivity index (χ1v) is 11.2. The van der Waals surface area contributed by atoms with Gasteiger partial charge in [-0.05, 0) is 75.3 Å². The normalized spacial score (nSPS) is 19.0. The van der Waals surface area contributed by atoms with Gasteiger partial charge in [-0.15, -0.1) is 0 Å². The molecule has 4 rings (SSSR count). The molecule has 1 aromatic carbocycles. The molecule has 10 heteroatoms. The average Bonchev–Trinajstić information content (AvgIpc) is 3.15. The minimum Gasteiger partial charge on any atom is -0.368 e. The van der Waals surface area contributed by atoms with Crippen molar-refractivity contribution in [1.82, 2.24) is 20.5 Å². The second kappa shape index (κ2) is 9.21. The van der Waals surface area contributed by atoms with E-state index in [1.54, 1.807) is 0 Å². The van der Waals surface area contributed by atoms with Gasteiger partial charge in [0.25, 0.3) is 5.91 Å². The minimum atomic E-state index is -4.53. The number of amides is 1. The number of anilines is 1. The molecule has 33 heavy (non-hydrogen) atoms. The highest BCUT2D eigenvalue weighted by Crippen LogP contribution is 2.32. The monoisotopic (exact) mass is 479 g/mol. The Kier molecular flexibility index (Phi) is 6.52. The van der Waals surface area contributed by atoms with Crippen LogP contribution in [0.3, 0.4) is 0 Å². The van der Waals surface area contributed by atoms with E-state index in [-0.39, 0.29) is 16.6 Å². The maximum Gasteiger partial charge on any atom is 0.416 e. The summed E-state index contributed by atoms with van der Waals surface area (Å²) < 4.78 is 38.9. The first kappa shape index (κ1) is 23.4. The summed E-state index contributed by atoms with van der Waals surface area (Å²) in [5, 5.41) is 14.6. The fourth-order valence-electron chi connectivity index (χ4n) is 4.40. The molecule has 1 aliphatic rings. The number of aryl methyl sites for hydroxylation is 2. The molecule has 1 saturated carbocycles. The molecule has 6 nitrogen and oxygen atoms in total. The molecule has 2 aromatic heterocycles. The number of carbonyl (C=O) groups is 1. The van der Waals surface area contributed by atoms with Crippen molar-refractivity contribution in [2.75, 3.05) is 11.9 Å². The zero-order valence-corrected chi connectivity index (χ0v) is 19.1. The van der Waals surface area contributed by atoms with E-state index in [9.17, 15) is 18.0 Å². The summed E-state index contributed by atoms with van der Waals surface area (Å²) in [7, 11) is 0. The van der Waals surface area contributed by atoms with Gasteiger partial charge in [0, 0.05) is 18.3 Å². The summed E-state index contributed by atoms with van der Waals surface area (Å²) in [6.45, 7) is 4.72. The Bertz CT molecular complexity index is 1170. The predicted molar refractivity (Wildman–Crippen MR) is 122 cm³/mol. The lowest BCUT2D eigenvalue weighted by molar-refractivity contribution is -0.137. The summed E-state index contributed by atoms with van der Waals surface area (Å²) in [5.74, 6) is 0.610. The number of halogens is 4. The van der Waals surface area contributed by atoms with Crippen molar-refractivity contribution in [3.8, 4) is 0 Å². The predicted octanol–water partition coefficient (Wildman–Crippen LogP) is 5.65. The molecule has 0 saturated heterocycles. The third kappa shape index (κ3) is 5.24. The van der Waals surface area contributed by atoms with Crippen molar-refractivity contribution in [2.45, 2.75) is 51.7 Å². The fourth-order valence-corrected chi connectivity index (χ4v) is 4.60. The molecule has 0 radical (unpaired) electrons. The van der Waals surface area contributed by atoms with Gasteiger partial charge >= 0.3 is 6.18 Å². The van der Waals surface area contributed by atoms with Crippen molar-refractivity contribution in [3.05, 3.63) is 51.7 Å². The SMILES string of the molecule is Cc1cc(C)c2c(NC[C@H]3CC[C@H](NC(=O)c4cc(C(F)(F)F)ccc4Cl)CC3)n[nH]c2n1. The van der Waals surface area contributed by atoms with E-state index >= 15 is 0 Å². The third-order valence-corrected chi connectivity index (χ3v) is 6.46. The van der Waals surface area contributed by atoms with Gasteiger partial charge in [0.15, 0.2) is 11.5 Å². The van der Waals surface area contributed by atoms with E-state index in [0.29, 0.717) is 5.92 Å². The van der Waals surface area contributed by atoms with E-state index in [1.807, 2.05) is 19.9 Å². The lowest BCUT2D eigenvalue weighted by Gasteiger charge is -2.29. The van der Waals surface area contributed by atoms with Gasteiger partial charge in [0.1, 0.15) is 0 Å². The Hall–Kier alpha value is -2.81. The number of pyridine rings is 1. The maximum atomic E-state index is 13.0. The molecule has 0 aliphatic heterocycles. The van der Waals surface area contributed by atoms with Crippen LogP contribution in [0.25, 0.3) is 11.0 Å². The van der Waals surface area contributed by atoms with E-state index < -0.39 is 17.6 Å². The lowest BCUT2D eigenvalue weighted by atomic mass is 9.86. The Balaban J connectivity index is 1.31. The van der Waals surface area contributed by atoms with Crippen LogP contribution in [0.2, 0.25) is 5.02 Å². The number of hydrogen-bond acceptors (Lipinski definition) is 4. The van der Waals surface area contributed by atoms with Gasteiger partial charge in [-0.3, -0.25) is 9.89 Å². The molecule has 1 fully saturated rings. The number of aromatic amines is 1. The Morgan fingerprint density at radius 1 is 1.18 bits per heavy atom. The Labute approximate surface area is 194 Å². The van der Waals surface area contributed by atoms with Crippen molar-refractivity contribution < 1.29 is 18.0 Å². The van der Waals surface area contributed by atoms with Crippen LogP contribution in [0.15, 0.2) is 24.3 Å². The lowest BCUT2D eigenvalue weighted by Crippen LogP contribution is -2.38. The number of benzene rings is 1. The summed E-state index contributed by atoms with van der Waals surface area (Å²) in [4.78, 5) is 17.0. The smallest absolute Gasteiger partial charge is 0.368 e.